The first kappa shape index (κ1) is 9.87. The van der Waals surface area contributed by atoms with Gasteiger partial charge < -0.3 is 5.32 Å². The number of hydrogen-bond donors (Lipinski definition) is 1. The van der Waals surface area contributed by atoms with Crippen molar-refractivity contribution in [3.05, 3.63) is 4.91 Å². The molecule has 11 heavy (non-hydrogen) atoms. The van der Waals surface area contributed by atoms with Crippen LogP contribution in [0.15, 0.2) is 5.29 Å². The molecule has 2 amide bonds. The number of rotatable bonds is 4. The Balaban J connectivity index is 3.74. The van der Waals surface area contributed by atoms with Gasteiger partial charge in [-0.05, 0) is 6.42 Å². The molecule has 0 aliphatic carbocycles. The van der Waals surface area contributed by atoms with Crippen molar-refractivity contribution >= 4 is 6.03 Å². The minimum absolute atomic E-state index is 0.389. The van der Waals surface area contributed by atoms with E-state index in [1.807, 2.05) is 6.92 Å². The number of urea groups is 1. The molecule has 0 saturated carbocycles. The first-order valence-corrected chi connectivity index (χ1v) is 3.58. The number of carbonyl (C=O) groups is 1. The van der Waals surface area contributed by atoms with E-state index in [9.17, 15) is 9.70 Å². The second kappa shape index (κ2) is 5.64. The van der Waals surface area contributed by atoms with Crippen LogP contribution in [-0.2, 0) is 0 Å². The van der Waals surface area contributed by atoms with Crippen LogP contribution in [-0.4, -0.2) is 24.6 Å². The van der Waals surface area contributed by atoms with E-state index >= 15 is 0 Å². The molecule has 0 rings (SSSR count). The molecule has 0 fully saturated rings. The minimum Gasteiger partial charge on any atom is -0.339 e. The van der Waals surface area contributed by atoms with Crippen molar-refractivity contribution < 1.29 is 4.79 Å². The van der Waals surface area contributed by atoms with E-state index in [0.29, 0.717) is 6.54 Å². The number of amides is 2. The first-order chi connectivity index (χ1) is 5.26. The van der Waals surface area contributed by atoms with Gasteiger partial charge >= 0.3 is 6.03 Å². The molecule has 0 aliphatic rings. The molecule has 64 valence electrons. The van der Waals surface area contributed by atoms with E-state index in [1.54, 1.807) is 0 Å². The Morgan fingerprint density at radius 1 is 1.64 bits per heavy atom. The number of unbranched alkanes of at least 4 members (excludes halogenated alkanes) is 1. The molecular formula is C6H13N3O2. The van der Waals surface area contributed by atoms with Gasteiger partial charge in [0.1, 0.15) is 0 Å². The van der Waals surface area contributed by atoms with Gasteiger partial charge in [-0.15, -0.1) is 4.91 Å². The lowest BCUT2D eigenvalue weighted by Crippen LogP contribution is -2.34. The van der Waals surface area contributed by atoms with E-state index in [1.165, 1.54) is 7.05 Å². The second-order valence-electron chi connectivity index (χ2n) is 2.11. The average molecular weight is 159 g/mol. The third-order valence-electron chi connectivity index (χ3n) is 1.27. The molecule has 0 heterocycles. The van der Waals surface area contributed by atoms with E-state index in [-0.39, 0.29) is 0 Å². The van der Waals surface area contributed by atoms with Crippen LogP contribution in [0.1, 0.15) is 19.8 Å². The Kier molecular flexibility index (Phi) is 5.06. The van der Waals surface area contributed by atoms with Gasteiger partial charge in [-0.2, -0.15) is 5.01 Å². The monoisotopic (exact) mass is 159 g/mol. The van der Waals surface area contributed by atoms with Crippen LogP contribution >= 0.6 is 0 Å². The number of nitrogens with zero attached hydrogens (tertiary/aromatic N) is 2. The van der Waals surface area contributed by atoms with E-state index in [2.05, 4.69) is 10.6 Å². The fourth-order valence-corrected chi connectivity index (χ4v) is 0.616. The Morgan fingerprint density at radius 3 is 2.64 bits per heavy atom. The van der Waals surface area contributed by atoms with Crippen LogP contribution in [0, 0.1) is 4.91 Å². The largest absolute Gasteiger partial charge is 0.340 e. The zero-order chi connectivity index (χ0) is 8.69. The van der Waals surface area contributed by atoms with Gasteiger partial charge in [-0.1, -0.05) is 13.3 Å². The lowest BCUT2D eigenvalue weighted by molar-refractivity contribution is 0.200. The average Bonchev–Trinajstić information content (AvgIpc) is 2.05. The molecule has 0 spiro atoms. The Hall–Kier alpha value is -1.13. The standard InChI is InChI=1S/C6H13N3O2/c1-3-4-5-9(8-11)6(10)7-2/h3-5H2,1-2H3,(H,7,10). The van der Waals surface area contributed by atoms with Crippen molar-refractivity contribution in [3.8, 4) is 0 Å². The summed E-state index contributed by atoms with van der Waals surface area (Å²) in [6, 6.07) is -0.451. The van der Waals surface area contributed by atoms with Gasteiger partial charge in [0.15, 0.2) is 0 Å². The maximum Gasteiger partial charge on any atom is 0.340 e. The zero-order valence-electron chi connectivity index (χ0n) is 6.83. The van der Waals surface area contributed by atoms with Crippen molar-refractivity contribution in [1.82, 2.24) is 10.3 Å². The molecule has 0 aromatic rings. The van der Waals surface area contributed by atoms with Gasteiger partial charge in [-0.25, -0.2) is 4.79 Å². The Morgan fingerprint density at radius 2 is 2.27 bits per heavy atom. The summed E-state index contributed by atoms with van der Waals surface area (Å²) >= 11 is 0. The summed E-state index contributed by atoms with van der Waals surface area (Å²) in [7, 11) is 1.46. The molecule has 0 aromatic carbocycles. The molecule has 0 saturated heterocycles. The fourth-order valence-electron chi connectivity index (χ4n) is 0.616. The SMILES string of the molecule is CCCCN(N=O)C(=O)NC. The van der Waals surface area contributed by atoms with Crippen molar-refractivity contribution in [3.63, 3.8) is 0 Å². The van der Waals surface area contributed by atoms with Gasteiger partial charge in [-0.3, -0.25) is 0 Å². The first-order valence-electron chi connectivity index (χ1n) is 3.58. The van der Waals surface area contributed by atoms with Gasteiger partial charge in [0, 0.05) is 13.6 Å². The van der Waals surface area contributed by atoms with Crippen molar-refractivity contribution in [2.45, 2.75) is 19.8 Å². The lowest BCUT2D eigenvalue weighted by Gasteiger charge is -2.10. The molecule has 0 radical (unpaired) electrons. The minimum atomic E-state index is -0.451. The zero-order valence-corrected chi connectivity index (χ0v) is 6.83. The highest BCUT2D eigenvalue weighted by Crippen LogP contribution is 1.95. The number of hydrogen-bond acceptors (Lipinski definition) is 3. The topological polar surface area (TPSA) is 61.8 Å². The molecule has 0 aliphatic heterocycles. The highest BCUT2D eigenvalue weighted by molar-refractivity contribution is 5.73. The molecule has 1 N–H and O–H groups in total. The number of nitroso groups, excluding NO2 is 1. The summed E-state index contributed by atoms with van der Waals surface area (Å²) in [5, 5.41) is 5.76. The van der Waals surface area contributed by atoms with Crippen molar-refractivity contribution in [2.24, 2.45) is 5.29 Å². The van der Waals surface area contributed by atoms with Crippen LogP contribution < -0.4 is 5.32 Å². The molecule has 0 unspecified atom stereocenters. The van der Waals surface area contributed by atoms with Crippen LogP contribution in [0.5, 0.6) is 0 Å². The smallest absolute Gasteiger partial charge is 0.339 e. The number of nitrogens with one attached hydrogen (secondary N) is 1. The second-order valence-corrected chi connectivity index (χ2v) is 2.11. The van der Waals surface area contributed by atoms with Crippen LogP contribution in [0.25, 0.3) is 0 Å². The van der Waals surface area contributed by atoms with Gasteiger partial charge in [0.05, 0.1) is 5.29 Å². The van der Waals surface area contributed by atoms with E-state index in [4.69, 9.17) is 0 Å². The van der Waals surface area contributed by atoms with Gasteiger partial charge in [0.25, 0.3) is 0 Å². The third kappa shape index (κ3) is 3.54. The maximum atomic E-state index is 10.8. The van der Waals surface area contributed by atoms with E-state index < -0.39 is 6.03 Å². The predicted octanol–water partition coefficient (Wildman–Crippen LogP) is 1.11. The lowest BCUT2D eigenvalue weighted by atomic mass is 10.3. The van der Waals surface area contributed by atoms with E-state index in [0.717, 1.165) is 17.9 Å². The van der Waals surface area contributed by atoms with Gasteiger partial charge in [0.2, 0.25) is 0 Å². The third-order valence-corrected chi connectivity index (χ3v) is 1.27. The summed E-state index contributed by atoms with van der Waals surface area (Å²) in [4.78, 5) is 20.8. The molecule has 0 atom stereocenters. The highest BCUT2D eigenvalue weighted by atomic mass is 16.3. The summed E-state index contributed by atoms with van der Waals surface area (Å²) in [6.07, 6.45) is 1.72. The summed E-state index contributed by atoms with van der Waals surface area (Å²) < 4.78 is 0. The number of carbonyl (C=O) groups excluding carboxylic acids is 1. The Bertz CT molecular complexity index is 138. The summed E-state index contributed by atoms with van der Waals surface area (Å²) in [5.41, 5.74) is 0. The summed E-state index contributed by atoms with van der Waals surface area (Å²) in [6.45, 7) is 2.37. The molecule has 0 bridgehead atoms. The Labute approximate surface area is 65.7 Å². The van der Waals surface area contributed by atoms with Crippen LogP contribution in [0.2, 0.25) is 0 Å². The molecule has 5 heteroatoms. The molecular weight excluding hydrogens is 146 g/mol. The van der Waals surface area contributed by atoms with Crippen molar-refractivity contribution in [1.29, 1.82) is 0 Å². The molecule has 0 aromatic heterocycles. The van der Waals surface area contributed by atoms with Crippen molar-refractivity contribution in [2.75, 3.05) is 13.6 Å². The normalized spacial score (nSPS) is 8.91. The highest BCUT2D eigenvalue weighted by Gasteiger charge is 2.09. The van der Waals surface area contributed by atoms with Crippen LogP contribution in [0.3, 0.4) is 0 Å². The maximum absolute atomic E-state index is 10.8. The van der Waals surface area contributed by atoms with Crippen LogP contribution in [0.4, 0.5) is 4.79 Å². The summed E-state index contributed by atoms with van der Waals surface area (Å²) in [5.74, 6) is 0. The quantitative estimate of drug-likeness (QED) is 0.493. The predicted molar refractivity (Wildman–Crippen MR) is 41.9 cm³/mol. The fraction of sp³-hybridized carbons (Fsp3) is 0.833. The molecule has 5 nitrogen and oxygen atoms in total.